The number of aliphatic hydroxyl groups is 1. The Morgan fingerprint density at radius 3 is 2.50 bits per heavy atom. The van der Waals surface area contributed by atoms with Crippen LogP contribution in [0.5, 0.6) is 0 Å². The average Bonchev–Trinajstić information content (AvgIpc) is 2.13. The lowest BCUT2D eigenvalue weighted by Gasteiger charge is -2.67. The van der Waals surface area contributed by atoms with Crippen LogP contribution in [0.2, 0.25) is 0 Å². The zero-order valence-electron chi connectivity index (χ0n) is 11.1. The van der Waals surface area contributed by atoms with Gasteiger partial charge in [-0.25, -0.2) is 0 Å². The van der Waals surface area contributed by atoms with Crippen molar-refractivity contribution < 1.29 is 5.11 Å². The lowest BCUT2D eigenvalue weighted by atomic mass is 9.38. The molecule has 4 rings (SSSR count). The van der Waals surface area contributed by atoms with Gasteiger partial charge in [-0.05, 0) is 67.6 Å². The van der Waals surface area contributed by atoms with E-state index < -0.39 is 0 Å². The molecule has 0 aromatic carbocycles. The van der Waals surface area contributed by atoms with Crippen molar-refractivity contribution in [3.8, 4) is 0 Å². The van der Waals surface area contributed by atoms with E-state index in [0.29, 0.717) is 10.8 Å². The van der Waals surface area contributed by atoms with Crippen molar-refractivity contribution in [1.82, 2.24) is 0 Å². The van der Waals surface area contributed by atoms with Gasteiger partial charge in [0.15, 0.2) is 0 Å². The lowest BCUT2D eigenvalue weighted by molar-refractivity contribution is -0.188. The third-order valence-corrected chi connectivity index (χ3v) is 6.14. The minimum absolute atomic E-state index is 0.0962. The van der Waals surface area contributed by atoms with Crippen LogP contribution < -0.4 is 0 Å². The standard InChI is InChI=1S/C15H26O/c1-4-14-6-12-5-13(3,8-14)9-15(7-12,10-14)11(2)16/h11-12,16H,4-10H2,1-3H3. The van der Waals surface area contributed by atoms with Gasteiger partial charge < -0.3 is 5.11 Å². The molecule has 1 N–H and O–H groups in total. The Bertz CT molecular complexity index is 311. The van der Waals surface area contributed by atoms with E-state index >= 15 is 0 Å². The molecule has 92 valence electrons. The zero-order chi connectivity index (χ0) is 11.6. The summed E-state index contributed by atoms with van der Waals surface area (Å²) in [7, 11) is 0. The molecule has 0 aliphatic heterocycles. The summed E-state index contributed by atoms with van der Waals surface area (Å²) in [5, 5.41) is 10.2. The van der Waals surface area contributed by atoms with Gasteiger partial charge in [0.05, 0.1) is 6.10 Å². The van der Waals surface area contributed by atoms with Gasteiger partial charge in [-0.3, -0.25) is 0 Å². The van der Waals surface area contributed by atoms with Crippen LogP contribution in [-0.2, 0) is 0 Å². The van der Waals surface area contributed by atoms with Gasteiger partial charge >= 0.3 is 0 Å². The van der Waals surface area contributed by atoms with Gasteiger partial charge in [0.2, 0.25) is 0 Å². The fraction of sp³-hybridized carbons (Fsp3) is 1.00. The van der Waals surface area contributed by atoms with Gasteiger partial charge in [-0.1, -0.05) is 20.3 Å². The average molecular weight is 222 g/mol. The van der Waals surface area contributed by atoms with Crippen molar-refractivity contribution >= 4 is 0 Å². The SMILES string of the molecule is CCC12CC3CC(C)(C1)CC(C(C)O)(C3)C2. The zero-order valence-corrected chi connectivity index (χ0v) is 11.1. The van der Waals surface area contributed by atoms with Gasteiger partial charge in [0.1, 0.15) is 0 Å². The highest BCUT2D eigenvalue weighted by atomic mass is 16.3. The first-order valence-corrected chi connectivity index (χ1v) is 7.09. The maximum Gasteiger partial charge on any atom is 0.0568 e. The fourth-order valence-electron chi connectivity index (χ4n) is 6.08. The summed E-state index contributed by atoms with van der Waals surface area (Å²) in [6.45, 7) is 6.89. The maximum absolute atomic E-state index is 10.2. The van der Waals surface area contributed by atoms with Crippen LogP contribution in [0.25, 0.3) is 0 Å². The highest BCUT2D eigenvalue weighted by molar-refractivity contribution is 5.12. The summed E-state index contributed by atoms with van der Waals surface area (Å²) in [6, 6.07) is 0. The molecule has 1 nitrogen and oxygen atoms in total. The van der Waals surface area contributed by atoms with Crippen LogP contribution >= 0.6 is 0 Å². The lowest BCUT2D eigenvalue weighted by Crippen LogP contribution is -2.58. The van der Waals surface area contributed by atoms with Crippen molar-refractivity contribution in [1.29, 1.82) is 0 Å². The van der Waals surface area contributed by atoms with Crippen LogP contribution in [0, 0.1) is 22.2 Å². The molecule has 4 aliphatic carbocycles. The summed E-state index contributed by atoms with van der Waals surface area (Å²) in [5.41, 5.74) is 1.42. The summed E-state index contributed by atoms with van der Waals surface area (Å²) in [6.07, 6.45) is 9.45. The van der Waals surface area contributed by atoms with Crippen LogP contribution in [-0.4, -0.2) is 11.2 Å². The Hall–Kier alpha value is -0.0400. The van der Waals surface area contributed by atoms with E-state index in [0.717, 1.165) is 5.92 Å². The highest BCUT2D eigenvalue weighted by Crippen LogP contribution is 2.71. The summed E-state index contributed by atoms with van der Waals surface area (Å²) >= 11 is 0. The summed E-state index contributed by atoms with van der Waals surface area (Å²) in [4.78, 5) is 0. The van der Waals surface area contributed by atoms with E-state index in [9.17, 15) is 5.11 Å². The number of hydrogen-bond donors (Lipinski definition) is 1. The van der Waals surface area contributed by atoms with Crippen LogP contribution in [0.4, 0.5) is 0 Å². The van der Waals surface area contributed by atoms with Crippen molar-refractivity contribution in [2.24, 2.45) is 22.2 Å². The molecule has 4 aliphatic rings. The molecule has 5 unspecified atom stereocenters. The Kier molecular flexibility index (Phi) is 2.11. The molecule has 0 aromatic rings. The molecule has 16 heavy (non-hydrogen) atoms. The van der Waals surface area contributed by atoms with E-state index in [2.05, 4.69) is 13.8 Å². The molecule has 0 radical (unpaired) electrons. The molecule has 4 saturated carbocycles. The fourth-order valence-corrected chi connectivity index (χ4v) is 6.08. The maximum atomic E-state index is 10.2. The van der Waals surface area contributed by atoms with Crippen molar-refractivity contribution in [3.05, 3.63) is 0 Å². The number of rotatable bonds is 2. The van der Waals surface area contributed by atoms with Crippen LogP contribution in [0.3, 0.4) is 0 Å². The van der Waals surface area contributed by atoms with Crippen molar-refractivity contribution in [2.45, 2.75) is 71.8 Å². The normalized spacial score (nSPS) is 56.6. The number of hydrogen-bond acceptors (Lipinski definition) is 1. The molecule has 0 amide bonds. The first kappa shape index (κ1) is 11.1. The summed E-state index contributed by atoms with van der Waals surface area (Å²) in [5.74, 6) is 0.913. The van der Waals surface area contributed by atoms with Gasteiger partial charge in [-0.2, -0.15) is 0 Å². The Balaban J connectivity index is 2.01. The van der Waals surface area contributed by atoms with Gasteiger partial charge in [-0.15, -0.1) is 0 Å². The van der Waals surface area contributed by atoms with E-state index in [1.165, 1.54) is 44.9 Å². The van der Waals surface area contributed by atoms with E-state index in [1.54, 1.807) is 0 Å². The largest absolute Gasteiger partial charge is 0.393 e. The second-order valence-electron chi connectivity index (χ2n) is 7.71. The third-order valence-electron chi connectivity index (χ3n) is 6.14. The second kappa shape index (κ2) is 3.04. The molecule has 4 bridgehead atoms. The van der Waals surface area contributed by atoms with Gasteiger partial charge in [0, 0.05) is 0 Å². The van der Waals surface area contributed by atoms with Crippen LogP contribution in [0.15, 0.2) is 0 Å². The number of aliphatic hydroxyl groups excluding tert-OH is 1. The smallest absolute Gasteiger partial charge is 0.0568 e. The van der Waals surface area contributed by atoms with Crippen LogP contribution in [0.1, 0.15) is 65.7 Å². The minimum atomic E-state index is -0.0962. The molecular weight excluding hydrogens is 196 g/mol. The van der Waals surface area contributed by atoms with Crippen molar-refractivity contribution in [3.63, 3.8) is 0 Å². The Morgan fingerprint density at radius 1 is 1.19 bits per heavy atom. The predicted octanol–water partition coefficient (Wildman–Crippen LogP) is 3.75. The molecule has 0 aromatic heterocycles. The quantitative estimate of drug-likeness (QED) is 0.754. The minimum Gasteiger partial charge on any atom is -0.393 e. The topological polar surface area (TPSA) is 20.2 Å². The molecule has 1 heteroatoms. The Labute approximate surface area is 99.6 Å². The van der Waals surface area contributed by atoms with Gasteiger partial charge in [0.25, 0.3) is 0 Å². The molecule has 4 fully saturated rings. The monoisotopic (exact) mass is 222 g/mol. The first-order chi connectivity index (χ1) is 7.41. The second-order valence-corrected chi connectivity index (χ2v) is 7.71. The van der Waals surface area contributed by atoms with E-state index in [-0.39, 0.29) is 11.5 Å². The third kappa shape index (κ3) is 1.33. The van der Waals surface area contributed by atoms with Crippen molar-refractivity contribution in [2.75, 3.05) is 0 Å². The van der Waals surface area contributed by atoms with E-state index in [4.69, 9.17) is 0 Å². The highest BCUT2D eigenvalue weighted by Gasteiger charge is 2.62. The first-order valence-electron chi connectivity index (χ1n) is 7.09. The molecule has 0 saturated heterocycles. The Morgan fingerprint density at radius 2 is 1.94 bits per heavy atom. The predicted molar refractivity (Wildman–Crippen MR) is 66.1 cm³/mol. The molecule has 5 atom stereocenters. The summed E-state index contributed by atoms with van der Waals surface area (Å²) < 4.78 is 0. The molecule has 0 heterocycles. The van der Waals surface area contributed by atoms with E-state index in [1.807, 2.05) is 6.92 Å². The molecule has 0 spiro atoms. The molecular formula is C15H26O.